The van der Waals surface area contributed by atoms with Gasteiger partial charge in [-0.3, -0.25) is 14.2 Å². The van der Waals surface area contributed by atoms with Crippen LogP contribution in [0, 0.1) is 5.82 Å². The van der Waals surface area contributed by atoms with E-state index < -0.39 is 35.5 Å². The molecule has 0 radical (unpaired) electrons. The molecule has 2 aliphatic heterocycles. The average Bonchev–Trinajstić information content (AvgIpc) is 2.89. The zero-order chi connectivity index (χ0) is 29.4. The van der Waals surface area contributed by atoms with Gasteiger partial charge >= 0.3 is 6.09 Å². The Morgan fingerprint density at radius 2 is 1.70 bits per heavy atom. The first-order valence-electron chi connectivity index (χ1n) is 12.9. The summed E-state index contributed by atoms with van der Waals surface area (Å²) in [6, 6.07) is 0.182. The first kappa shape index (κ1) is 28.3. The highest BCUT2D eigenvalue weighted by atomic mass is 79.9. The molecule has 0 unspecified atom stereocenters. The molecule has 212 valence electrons. The lowest BCUT2D eigenvalue weighted by molar-refractivity contribution is -0.120. The number of hydrogen-bond donors (Lipinski definition) is 1. The third kappa shape index (κ3) is 4.06. The number of amides is 2. The number of likely N-dealkylation sites (N-methyl/N-ethyl adjacent to an activating group) is 1. The Labute approximate surface area is 243 Å². The number of carbonyl (C=O) groups is 2. The second kappa shape index (κ2) is 9.99. The maximum atomic E-state index is 16.3. The number of carbonyl (C=O) groups excluding carboxylic acids is 1. The summed E-state index contributed by atoms with van der Waals surface area (Å²) in [7, 11) is 1.48. The fraction of sp³-hybridized carbons (Fsp3) is 0.444. The molecule has 1 aromatic carbocycles. The first-order chi connectivity index (χ1) is 18.8. The van der Waals surface area contributed by atoms with E-state index in [-0.39, 0.29) is 45.6 Å². The minimum absolute atomic E-state index is 0.00957. The number of aromatic nitrogens is 3. The summed E-state index contributed by atoms with van der Waals surface area (Å²) in [6.45, 7) is 9.45. The van der Waals surface area contributed by atoms with Crippen LogP contribution in [0.25, 0.3) is 16.6 Å². The van der Waals surface area contributed by atoms with Crippen LogP contribution in [0.3, 0.4) is 0 Å². The number of benzene rings is 1. The number of piperazine rings is 1. The molecule has 0 bridgehead atoms. The maximum absolute atomic E-state index is 16.3. The zero-order valence-corrected chi connectivity index (χ0v) is 25.2. The van der Waals surface area contributed by atoms with Crippen LogP contribution in [0.1, 0.15) is 57.8 Å². The van der Waals surface area contributed by atoms with Gasteiger partial charge in [0.2, 0.25) is 0 Å². The number of rotatable bonds is 3. The summed E-state index contributed by atoms with van der Waals surface area (Å²) in [6.07, 6.45) is 0.296. The van der Waals surface area contributed by atoms with Crippen molar-refractivity contribution in [1.82, 2.24) is 19.4 Å². The molecule has 0 spiro atoms. The van der Waals surface area contributed by atoms with Crippen molar-refractivity contribution in [2.75, 3.05) is 29.9 Å². The lowest BCUT2D eigenvalue weighted by Gasteiger charge is -2.49. The van der Waals surface area contributed by atoms with E-state index in [4.69, 9.17) is 11.6 Å². The topological polar surface area (TPSA) is 112 Å². The number of anilines is 2. The molecule has 1 N–H and O–H groups in total. The lowest BCUT2D eigenvalue weighted by Crippen LogP contribution is -2.66. The molecule has 10 nitrogen and oxygen atoms in total. The van der Waals surface area contributed by atoms with Crippen molar-refractivity contribution >= 4 is 61.8 Å². The van der Waals surface area contributed by atoms with Gasteiger partial charge < -0.3 is 19.8 Å². The number of fused-ring (bicyclic) bond motifs is 5. The predicted octanol–water partition coefficient (Wildman–Crippen LogP) is 5.12. The SMILES string of the molecule is CC(C)c1ncnc(C(C)C)c1-n1c(=O)c2c(c3cc(Cl)c(Br)c(F)c31)N1C[C@@H](C)N(C(=O)O)C[C@@H]1C(=O)N2C. The van der Waals surface area contributed by atoms with Crippen molar-refractivity contribution in [2.45, 2.75) is 58.5 Å². The highest BCUT2D eigenvalue weighted by molar-refractivity contribution is 9.10. The highest BCUT2D eigenvalue weighted by Gasteiger charge is 2.46. The molecule has 1 saturated heterocycles. The summed E-state index contributed by atoms with van der Waals surface area (Å²) < 4.78 is 17.6. The van der Waals surface area contributed by atoms with Crippen LogP contribution in [0.2, 0.25) is 5.02 Å². The van der Waals surface area contributed by atoms with E-state index in [0.717, 1.165) is 0 Å². The summed E-state index contributed by atoms with van der Waals surface area (Å²) in [5.74, 6) is -1.46. The van der Waals surface area contributed by atoms with Gasteiger partial charge in [-0.2, -0.15) is 0 Å². The van der Waals surface area contributed by atoms with E-state index >= 15 is 4.39 Å². The molecule has 0 aliphatic carbocycles. The summed E-state index contributed by atoms with van der Waals surface area (Å²) >= 11 is 9.73. The van der Waals surface area contributed by atoms with E-state index in [1.807, 2.05) is 27.7 Å². The van der Waals surface area contributed by atoms with Crippen LogP contribution in [0.15, 0.2) is 21.7 Å². The monoisotopic (exact) mass is 634 g/mol. The van der Waals surface area contributed by atoms with Gasteiger partial charge in [0, 0.05) is 25.0 Å². The Hall–Kier alpha value is -3.25. The van der Waals surface area contributed by atoms with Gasteiger partial charge in [0.1, 0.15) is 18.1 Å². The normalized spacial score (nSPS) is 19.1. The van der Waals surface area contributed by atoms with Crippen molar-refractivity contribution in [2.24, 2.45) is 0 Å². The van der Waals surface area contributed by atoms with Crippen LogP contribution < -0.4 is 15.4 Å². The largest absolute Gasteiger partial charge is 0.465 e. The number of nitrogens with zero attached hydrogens (tertiary/aromatic N) is 6. The van der Waals surface area contributed by atoms with Gasteiger partial charge in [-0.1, -0.05) is 39.3 Å². The molecule has 5 rings (SSSR count). The zero-order valence-electron chi connectivity index (χ0n) is 22.9. The lowest BCUT2D eigenvalue weighted by atomic mass is 9.97. The van der Waals surface area contributed by atoms with Gasteiger partial charge in [-0.25, -0.2) is 19.2 Å². The molecule has 2 aliphatic rings. The van der Waals surface area contributed by atoms with Crippen LogP contribution in [-0.4, -0.2) is 68.8 Å². The molecule has 2 amide bonds. The van der Waals surface area contributed by atoms with Gasteiger partial charge in [-0.05, 0) is 40.8 Å². The number of halogens is 3. The quantitative estimate of drug-likeness (QED) is 0.398. The van der Waals surface area contributed by atoms with E-state index in [1.165, 1.54) is 27.7 Å². The van der Waals surface area contributed by atoms with Gasteiger partial charge in [-0.15, -0.1) is 0 Å². The Bertz CT molecular complexity index is 1620. The molecule has 2 atom stereocenters. The average molecular weight is 636 g/mol. The fourth-order valence-corrected chi connectivity index (χ4v) is 6.24. The molecule has 0 saturated carbocycles. The van der Waals surface area contributed by atoms with Crippen molar-refractivity contribution in [3.63, 3.8) is 0 Å². The summed E-state index contributed by atoms with van der Waals surface area (Å²) in [5, 5.41) is 10.1. The Kier molecular flexibility index (Phi) is 7.06. The molecule has 3 aromatic rings. The molecule has 4 heterocycles. The number of hydrogen-bond acceptors (Lipinski definition) is 6. The molecular weight excluding hydrogens is 607 g/mol. The minimum Gasteiger partial charge on any atom is -0.465 e. The summed E-state index contributed by atoms with van der Waals surface area (Å²) in [5.41, 5.74) is 1.21. The number of pyridine rings is 1. The van der Waals surface area contributed by atoms with Gasteiger partial charge in [0.15, 0.2) is 5.82 Å². The van der Waals surface area contributed by atoms with Crippen LogP contribution in [0.4, 0.5) is 20.6 Å². The second-order valence-corrected chi connectivity index (χ2v) is 12.1. The summed E-state index contributed by atoms with van der Waals surface area (Å²) in [4.78, 5) is 53.2. The maximum Gasteiger partial charge on any atom is 0.407 e. The minimum atomic E-state index is -1.14. The van der Waals surface area contributed by atoms with Crippen molar-refractivity contribution < 1.29 is 19.1 Å². The predicted molar refractivity (Wildman–Crippen MR) is 155 cm³/mol. The number of carboxylic acid groups (broad SMARTS) is 1. The third-order valence-electron chi connectivity index (χ3n) is 7.66. The van der Waals surface area contributed by atoms with Gasteiger partial charge in [0.05, 0.1) is 44.3 Å². The van der Waals surface area contributed by atoms with E-state index in [2.05, 4.69) is 25.9 Å². The van der Waals surface area contributed by atoms with Crippen molar-refractivity contribution in [3.05, 3.63) is 49.4 Å². The van der Waals surface area contributed by atoms with E-state index in [9.17, 15) is 19.5 Å². The van der Waals surface area contributed by atoms with Gasteiger partial charge in [0.25, 0.3) is 11.5 Å². The second-order valence-electron chi connectivity index (χ2n) is 10.9. The Morgan fingerprint density at radius 1 is 1.10 bits per heavy atom. The Balaban J connectivity index is 1.97. The third-order valence-corrected chi connectivity index (χ3v) is 8.97. The molecular formula is C27H29BrClFN6O4. The molecule has 2 aromatic heterocycles. The van der Waals surface area contributed by atoms with E-state index in [0.29, 0.717) is 28.1 Å². The van der Waals surface area contributed by atoms with Crippen LogP contribution >= 0.6 is 27.5 Å². The van der Waals surface area contributed by atoms with Crippen LogP contribution in [0.5, 0.6) is 0 Å². The van der Waals surface area contributed by atoms with E-state index in [1.54, 1.807) is 17.9 Å². The Morgan fingerprint density at radius 3 is 2.25 bits per heavy atom. The highest BCUT2D eigenvalue weighted by Crippen LogP contribution is 2.45. The molecule has 1 fully saturated rings. The standard InChI is InChI=1S/C27H29BrClFN6O4/c1-11(2)19-23(20(12(3)4)32-10-31-19)36-21-14(7-15(29)17(28)18(21)30)22-24(26(36)38)33(6)25(37)16-9-34(27(39)40)13(5)8-35(16)22/h7,10-13,16H,8-9H2,1-6H3,(H,39,40)/t13-,16-/m1/s1. The fourth-order valence-electron chi connectivity index (χ4n) is 5.74. The smallest absolute Gasteiger partial charge is 0.407 e. The molecule has 13 heteroatoms. The first-order valence-corrected chi connectivity index (χ1v) is 14.1. The van der Waals surface area contributed by atoms with Crippen LogP contribution in [-0.2, 0) is 4.79 Å². The van der Waals surface area contributed by atoms with Crippen molar-refractivity contribution in [1.29, 1.82) is 0 Å². The van der Waals surface area contributed by atoms with Crippen molar-refractivity contribution in [3.8, 4) is 5.69 Å². The molecule has 40 heavy (non-hydrogen) atoms.